The molecule has 0 unspecified atom stereocenters. The molecular weight excluding hydrogens is 198 g/mol. The van der Waals surface area contributed by atoms with Gasteiger partial charge in [-0.15, -0.1) is 0 Å². The SMILES string of the molecule is COc1cc2c(cc1[C@@H](N)CO)OCO2. The number of aliphatic hydroxyl groups excluding tert-OH is 1. The van der Waals surface area contributed by atoms with Gasteiger partial charge in [-0.05, 0) is 6.07 Å². The topological polar surface area (TPSA) is 73.9 Å². The number of nitrogens with two attached hydrogens (primary N) is 1. The van der Waals surface area contributed by atoms with Crippen molar-refractivity contribution >= 4 is 0 Å². The fourth-order valence-corrected chi connectivity index (χ4v) is 1.50. The number of fused-ring (bicyclic) bond motifs is 1. The molecule has 0 saturated heterocycles. The fourth-order valence-electron chi connectivity index (χ4n) is 1.50. The minimum absolute atomic E-state index is 0.143. The first-order valence-corrected chi connectivity index (χ1v) is 4.60. The number of methoxy groups -OCH3 is 1. The van der Waals surface area contributed by atoms with Crippen LogP contribution in [0.1, 0.15) is 11.6 Å². The van der Waals surface area contributed by atoms with Crippen LogP contribution in [0.15, 0.2) is 12.1 Å². The summed E-state index contributed by atoms with van der Waals surface area (Å²) >= 11 is 0. The van der Waals surface area contributed by atoms with Crippen LogP contribution in [0.5, 0.6) is 17.2 Å². The zero-order valence-corrected chi connectivity index (χ0v) is 8.40. The Bertz CT molecular complexity index is 367. The van der Waals surface area contributed by atoms with Crippen molar-refractivity contribution in [3.05, 3.63) is 17.7 Å². The third-order valence-corrected chi connectivity index (χ3v) is 2.32. The molecule has 1 aliphatic heterocycles. The van der Waals surface area contributed by atoms with Crippen LogP contribution in [-0.2, 0) is 0 Å². The highest BCUT2D eigenvalue weighted by molar-refractivity contribution is 5.52. The lowest BCUT2D eigenvalue weighted by molar-refractivity contribution is 0.174. The van der Waals surface area contributed by atoms with E-state index in [1.807, 2.05) is 0 Å². The molecule has 5 heteroatoms. The highest BCUT2D eigenvalue weighted by atomic mass is 16.7. The van der Waals surface area contributed by atoms with Crippen molar-refractivity contribution in [2.24, 2.45) is 5.73 Å². The van der Waals surface area contributed by atoms with Crippen molar-refractivity contribution in [3.8, 4) is 17.2 Å². The Balaban J connectivity index is 2.44. The van der Waals surface area contributed by atoms with Gasteiger partial charge < -0.3 is 25.1 Å². The Kier molecular flexibility index (Phi) is 2.66. The molecule has 1 aliphatic rings. The summed E-state index contributed by atoms with van der Waals surface area (Å²) in [5.74, 6) is 1.87. The molecule has 1 aromatic rings. The smallest absolute Gasteiger partial charge is 0.231 e. The molecule has 1 heterocycles. The first-order valence-electron chi connectivity index (χ1n) is 4.60. The van der Waals surface area contributed by atoms with E-state index < -0.39 is 6.04 Å². The molecule has 82 valence electrons. The van der Waals surface area contributed by atoms with Gasteiger partial charge in [-0.25, -0.2) is 0 Å². The summed E-state index contributed by atoms with van der Waals surface area (Å²) in [6.45, 7) is 0.0618. The van der Waals surface area contributed by atoms with Gasteiger partial charge >= 0.3 is 0 Å². The maximum absolute atomic E-state index is 9.00. The summed E-state index contributed by atoms with van der Waals surface area (Å²) in [6.07, 6.45) is 0. The van der Waals surface area contributed by atoms with E-state index >= 15 is 0 Å². The molecule has 15 heavy (non-hydrogen) atoms. The van der Waals surface area contributed by atoms with Crippen molar-refractivity contribution in [2.75, 3.05) is 20.5 Å². The van der Waals surface area contributed by atoms with Crippen LogP contribution in [0, 0.1) is 0 Å². The van der Waals surface area contributed by atoms with Crippen molar-refractivity contribution in [1.82, 2.24) is 0 Å². The van der Waals surface area contributed by atoms with E-state index in [0.29, 0.717) is 22.8 Å². The monoisotopic (exact) mass is 211 g/mol. The second kappa shape index (κ2) is 3.96. The van der Waals surface area contributed by atoms with Gasteiger partial charge in [0.2, 0.25) is 6.79 Å². The molecule has 0 spiro atoms. The van der Waals surface area contributed by atoms with Gasteiger partial charge in [0.15, 0.2) is 11.5 Å². The summed E-state index contributed by atoms with van der Waals surface area (Å²) in [5.41, 5.74) is 6.45. The average molecular weight is 211 g/mol. The van der Waals surface area contributed by atoms with Crippen LogP contribution in [-0.4, -0.2) is 25.6 Å². The quantitative estimate of drug-likeness (QED) is 0.757. The van der Waals surface area contributed by atoms with Crippen molar-refractivity contribution in [2.45, 2.75) is 6.04 Å². The minimum Gasteiger partial charge on any atom is -0.496 e. The zero-order valence-electron chi connectivity index (χ0n) is 8.40. The molecule has 3 N–H and O–H groups in total. The molecule has 1 atom stereocenters. The summed E-state index contributed by atoms with van der Waals surface area (Å²) in [7, 11) is 1.55. The maximum Gasteiger partial charge on any atom is 0.231 e. The van der Waals surface area contributed by atoms with Gasteiger partial charge in [-0.3, -0.25) is 0 Å². The Labute approximate surface area is 87.4 Å². The highest BCUT2D eigenvalue weighted by Crippen LogP contribution is 2.39. The van der Waals surface area contributed by atoms with E-state index in [2.05, 4.69) is 0 Å². The third kappa shape index (κ3) is 1.71. The third-order valence-electron chi connectivity index (χ3n) is 2.32. The number of hydrogen-bond donors (Lipinski definition) is 2. The zero-order chi connectivity index (χ0) is 10.8. The van der Waals surface area contributed by atoms with Gasteiger partial charge in [-0.1, -0.05) is 0 Å². The lowest BCUT2D eigenvalue weighted by atomic mass is 10.1. The fraction of sp³-hybridized carbons (Fsp3) is 0.400. The summed E-state index contributed by atoms with van der Waals surface area (Å²) in [6, 6.07) is 2.98. The Morgan fingerprint density at radius 3 is 2.73 bits per heavy atom. The van der Waals surface area contributed by atoms with Crippen molar-refractivity contribution in [1.29, 1.82) is 0 Å². The predicted octanol–water partition coefficient (Wildman–Crippen LogP) is 0.416. The molecule has 2 rings (SSSR count). The van der Waals surface area contributed by atoms with E-state index in [1.54, 1.807) is 19.2 Å². The predicted molar refractivity (Wildman–Crippen MR) is 53.1 cm³/mol. The molecule has 0 aliphatic carbocycles. The van der Waals surface area contributed by atoms with E-state index in [0.717, 1.165) is 0 Å². The lowest BCUT2D eigenvalue weighted by Crippen LogP contribution is -2.15. The van der Waals surface area contributed by atoms with Crippen molar-refractivity contribution < 1.29 is 19.3 Å². The summed E-state index contributed by atoms with van der Waals surface area (Å²) in [4.78, 5) is 0. The molecule has 0 aromatic heterocycles. The highest BCUT2D eigenvalue weighted by Gasteiger charge is 2.20. The number of aliphatic hydroxyl groups is 1. The van der Waals surface area contributed by atoms with Crippen LogP contribution in [0.4, 0.5) is 0 Å². The number of hydrogen-bond acceptors (Lipinski definition) is 5. The van der Waals surface area contributed by atoms with Crippen LogP contribution >= 0.6 is 0 Å². The van der Waals surface area contributed by atoms with Crippen LogP contribution in [0.25, 0.3) is 0 Å². The van der Waals surface area contributed by atoms with E-state index in [1.165, 1.54) is 0 Å². The Hall–Kier alpha value is -1.46. The van der Waals surface area contributed by atoms with Crippen LogP contribution in [0.2, 0.25) is 0 Å². The number of rotatable bonds is 3. The van der Waals surface area contributed by atoms with Gasteiger partial charge in [0.1, 0.15) is 5.75 Å². The van der Waals surface area contributed by atoms with Gasteiger partial charge in [0.05, 0.1) is 19.8 Å². The molecule has 0 radical (unpaired) electrons. The van der Waals surface area contributed by atoms with Gasteiger partial charge in [0.25, 0.3) is 0 Å². The van der Waals surface area contributed by atoms with Gasteiger partial charge in [0, 0.05) is 11.6 Å². The molecule has 0 amide bonds. The van der Waals surface area contributed by atoms with E-state index in [4.69, 9.17) is 25.1 Å². The Morgan fingerprint density at radius 2 is 2.13 bits per heavy atom. The molecule has 1 aromatic carbocycles. The molecule has 5 nitrogen and oxygen atoms in total. The van der Waals surface area contributed by atoms with Crippen LogP contribution < -0.4 is 19.9 Å². The second-order valence-electron chi connectivity index (χ2n) is 3.24. The largest absolute Gasteiger partial charge is 0.496 e. The summed E-state index contributed by atoms with van der Waals surface area (Å²) < 4.78 is 15.6. The first-order chi connectivity index (χ1) is 7.26. The minimum atomic E-state index is -0.477. The number of ether oxygens (including phenoxy) is 3. The molecule has 0 saturated carbocycles. The average Bonchev–Trinajstić information content (AvgIpc) is 2.73. The summed E-state index contributed by atoms with van der Waals surface area (Å²) in [5, 5.41) is 9.00. The van der Waals surface area contributed by atoms with Crippen LogP contribution in [0.3, 0.4) is 0 Å². The number of benzene rings is 1. The normalized spacial score (nSPS) is 15.1. The second-order valence-corrected chi connectivity index (χ2v) is 3.24. The lowest BCUT2D eigenvalue weighted by Gasteiger charge is -2.14. The van der Waals surface area contributed by atoms with Gasteiger partial charge in [-0.2, -0.15) is 0 Å². The standard InChI is InChI=1S/C10H13NO4/c1-13-8-3-10-9(14-5-15-10)2-6(8)7(11)4-12/h2-3,7,12H,4-5,11H2,1H3/t7-/m0/s1. The Morgan fingerprint density at radius 1 is 1.47 bits per heavy atom. The van der Waals surface area contributed by atoms with Crippen molar-refractivity contribution in [3.63, 3.8) is 0 Å². The maximum atomic E-state index is 9.00. The van der Waals surface area contributed by atoms with E-state index in [-0.39, 0.29) is 13.4 Å². The van der Waals surface area contributed by atoms with E-state index in [9.17, 15) is 0 Å². The first kappa shape index (κ1) is 10.1. The molecule has 0 bridgehead atoms. The molecule has 0 fully saturated rings. The molecular formula is C10H13NO4.